The molecule has 0 spiro atoms. The van der Waals surface area contributed by atoms with Crippen molar-refractivity contribution in [3.8, 4) is 11.5 Å². The molecule has 3 heterocycles. The second-order valence-electron chi connectivity index (χ2n) is 6.73. The maximum Gasteiger partial charge on any atom is 0.265 e. The number of ether oxygens (including phenoxy) is 2. The molecular weight excluding hydrogens is 410 g/mol. The molecule has 0 aliphatic carbocycles. The van der Waals surface area contributed by atoms with Crippen molar-refractivity contribution in [3.05, 3.63) is 58.5 Å². The summed E-state index contributed by atoms with van der Waals surface area (Å²) < 4.78 is 11.7. The van der Waals surface area contributed by atoms with Gasteiger partial charge in [-0.25, -0.2) is 0 Å². The van der Waals surface area contributed by atoms with Gasteiger partial charge in [0.15, 0.2) is 17.5 Å². The predicted octanol–water partition coefficient (Wildman–Crippen LogP) is 3.86. The molecule has 5 rings (SSSR count). The fourth-order valence-electron chi connectivity index (χ4n) is 3.62. The zero-order valence-electron chi connectivity index (χ0n) is 15.5. The first-order valence-corrected chi connectivity index (χ1v) is 10.6. The number of rotatable bonds is 5. The van der Waals surface area contributed by atoms with E-state index < -0.39 is 0 Å². The van der Waals surface area contributed by atoms with Gasteiger partial charge in [-0.2, -0.15) is 0 Å². The van der Waals surface area contributed by atoms with Crippen molar-refractivity contribution in [1.82, 2.24) is 4.90 Å². The topological polar surface area (TPSA) is 54.4 Å². The molecule has 2 aromatic carbocycles. The number of anilines is 1. The molecule has 0 atom stereocenters. The Hall–Kier alpha value is -2.64. The highest BCUT2D eigenvalue weighted by atomic mass is 35.5. The van der Waals surface area contributed by atoms with Crippen LogP contribution in [0.25, 0.3) is 5.70 Å². The summed E-state index contributed by atoms with van der Waals surface area (Å²) in [7, 11) is 0. The third kappa shape index (κ3) is 3.45. The SMILES string of the molecule is O=C1COc2c(C3=CSC4=NCCN34)cc(Cl)cc2N1CCOc1ccccc1. The van der Waals surface area contributed by atoms with E-state index in [0.29, 0.717) is 29.6 Å². The van der Waals surface area contributed by atoms with Crippen molar-refractivity contribution in [2.24, 2.45) is 4.99 Å². The summed E-state index contributed by atoms with van der Waals surface area (Å²) in [6.07, 6.45) is 0. The molecule has 0 aromatic heterocycles. The van der Waals surface area contributed by atoms with E-state index in [9.17, 15) is 4.79 Å². The van der Waals surface area contributed by atoms with Gasteiger partial charge in [0, 0.05) is 22.5 Å². The number of aliphatic imine (C=N–C) groups is 1. The van der Waals surface area contributed by atoms with Gasteiger partial charge in [0.2, 0.25) is 0 Å². The molecule has 6 nitrogen and oxygen atoms in total. The van der Waals surface area contributed by atoms with E-state index in [1.54, 1.807) is 22.7 Å². The first-order valence-electron chi connectivity index (χ1n) is 9.34. The molecule has 0 saturated carbocycles. The van der Waals surface area contributed by atoms with Crippen molar-refractivity contribution >= 4 is 45.8 Å². The standard InChI is InChI=1S/C21H18ClN3O3S/c22-14-10-16(18-13-29-21-23-6-7-25(18)21)20-17(11-14)24(19(26)12-28-20)8-9-27-15-4-2-1-3-5-15/h1-5,10-11,13H,6-9,12H2. The van der Waals surface area contributed by atoms with Crippen molar-refractivity contribution in [3.63, 3.8) is 0 Å². The Labute approximate surface area is 177 Å². The number of para-hydroxylation sites is 1. The number of carbonyl (C=O) groups excluding carboxylic acids is 1. The first-order chi connectivity index (χ1) is 14.2. The van der Waals surface area contributed by atoms with Gasteiger partial charge < -0.3 is 19.3 Å². The van der Waals surface area contributed by atoms with Gasteiger partial charge in [-0.1, -0.05) is 41.6 Å². The Morgan fingerprint density at radius 3 is 2.97 bits per heavy atom. The molecule has 0 unspecified atom stereocenters. The van der Waals surface area contributed by atoms with Crippen molar-refractivity contribution in [2.45, 2.75) is 0 Å². The Morgan fingerprint density at radius 1 is 1.24 bits per heavy atom. The lowest BCUT2D eigenvalue weighted by Gasteiger charge is -2.32. The predicted molar refractivity (Wildman–Crippen MR) is 116 cm³/mol. The van der Waals surface area contributed by atoms with Crippen LogP contribution in [0.1, 0.15) is 5.56 Å². The molecular formula is C21H18ClN3O3S. The molecule has 2 aromatic rings. The molecule has 0 N–H and O–H groups in total. The highest BCUT2D eigenvalue weighted by Gasteiger charge is 2.34. The van der Waals surface area contributed by atoms with E-state index in [2.05, 4.69) is 15.3 Å². The number of amidine groups is 1. The van der Waals surface area contributed by atoms with Crippen molar-refractivity contribution < 1.29 is 14.3 Å². The van der Waals surface area contributed by atoms with Gasteiger partial charge in [-0.15, -0.1) is 0 Å². The second-order valence-corrected chi connectivity index (χ2v) is 8.01. The summed E-state index contributed by atoms with van der Waals surface area (Å²) in [4.78, 5) is 20.9. The average molecular weight is 428 g/mol. The number of nitrogens with zero attached hydrogens (tertiary/aromatic N) is 3. The Morgan fingerprint density at radius 2 is 2.10 bits per heavy atom. The lowest BCUT2D eigenvalue weighted by atomic mass is 10.1. The Balaban J connectivity index is 1.43. The van der Waals surface area contributed by atoms with Gasteiger partial charge in [-0.3, -0.25) is 9.79 Å². The van der Waals surface area contributed by atoms with E-state index in [1.807, 2.05) is 36.4 Å². The number of hydrogen-bond acceptors (Lipinski definition) is 6. The summed E-state index contributed by atoms with van der Waals surface area (Å²) in [5.74, 6) is 1.34. The number of thioether (sulfide) groups is 1. The third-order valence-corrected chi connectivity index (χ3v) is 6.06. The molecule has 0 saturated heterocycles. The monoisotopic (exact) mass is 427 g/mol. The minimum atomic E-state index is -0.111. The molecule has 0 radical (unpaired) electrons. The van der Waals surface area contributed by atoms with E-state index >= 15 is 0 Å². The van der Waals surface area contributed by atoms with E-state index in [1.165, 1.54) is 0 Å². The van der Waals surface area contributed by atoms with Crippen molar-refractivity contribution in [2.75, 3.05) is 37.7 Å². The van der Waals surface area contributed by atoms with E-state index in [4.69, 9.17) is 21.1 Å². The Kier molecular flexibility index (Phi) is 4.85. The molecule has 0 fully saturated rings. The van der Waals surface area contributed by atoms with Crippen LogP contribution in [0.15, 0.2) is 52.9 Å². The summed E-state index contributed by atoms with van der Waals surface area (Å²) in [5, 5.41) is 3.61. The normalized spacial score (nSPS) is 17.5. The molecule has 148 valence electrons. The summed E-state index contributed by atoms with van der Waals surface area (Å²) in [6.45, 7) is 2.40. The third-order valence-electron chi connectivity index (χ3n) is 4.94. The van der Waals surface area contributed by atoms with Crippen LogP contribution in [0.4, 0.5) is 5.69 Å². The van der Waals surface area contributed by atoms with Crippen LogP contribution in [0.5, 0.6) is 11.5 Å². The minimum Gasteiger partial charge on any atom is -0.492 e. The van der Waals surface area contributed by atoms with E-state index in [-0.39, 0.29) is 12.5 Å². The zero-order valence-corrected chi connectivity index (χ0v) is 17.1. The smallest absolute Gasteiger partial charge is 0.265 e. The largest absolute Gasteiger partial charge is 0.492 e. The van der Waals surface area contributed by atoms with E-state index in [0.717, 1.165) is 35.3 Å². The number of carbonyl (C=O) groups is 1. The average Bonchev–Trinajstić information content (AvgIpc) is 3.34. The van der Waals surface area contributed by atoms with Crippen LogP contribution in [0.2, 0.25) is 5.02 Å². The second kappa shape index (κ2) is 7.65. The van der Waals surface area contributed by atoms with Gasteiger partial charge in [-0.05, 0) is 24.3 Å². The lowest BCUT2D eigenvalue weighted by molar-refractivity contribution is -0.121. The molecule has 3 aliphatic heterocycles. The van der Waals surface area contributed by atoms with Gasteiger partial charge >= 0.3 is 0 Å². The lowest BCUT2D eigenvalue weighted by Crippen LogP contribution is -2.41. The van der Waals surface area contributed by atoms with Crippen LogP contribution >= 0.6 is 23.4 Å². The maximum atomic E-state index is 12.6. The van der Waals surface area contributed by atoms with Gasteiger partial charge in [0.1, 0.15) is 12.4 Å². The zero-order chi connectivity index (χ0) is 19.8. The molecule has 3 aliphatic rings. The number of hydrogen-bond donors (Lipinski definition) is 0. The molecule has 8 heteroatoms. The highest BCUT2D eigenvalue weighted by molar-refractivity contribution is 8.16. The quantitative estimate of drug-likeness (QED) is 0.725. The van der Waals surface area contributed by atoms with Crippen molar-refractivity contribution in [1.29, 1.82) is 0 Å². The Bertz CT molecular complexity index is 1030. The molecule has 29 heavy (non-hydrogen) atoms. The molecule has 1 amide bonds. The summed E-state index contributed by atoms with van der Waals surface area (Å²) in [5.41, 5.74) is 2.57. The number of amides is 1. The minimum absolute atomic E-state index is 0.00562. The van der Waals surface area contributed by atoms with Gasteiger partial charge in [0.25, 0.3) is 5.91 Å². The van der Waals surface area contributed by atoms with Crippen LogP contribution < -0.4 is 14.4 Å². The van der Waals surface area contributed by atoms with Crippen LogP contribution in [0.3, 0.4) is 0 Å². The fourth-order valence-corrected chi connectivity index (χ4v) is 4.78. The highest BCUT2D eigenvalue weighted by Crippen LogP contribution is 2.45. The van der Waals surface area contributed by atoms with Crippen LogP contribution in [-0.2, 0) is 4.79 Å². The van der Waals surface area contributed by atoms with Gasteiger partial charge in [0.05, 0.1) is 24.5 Å². The number of benzene rings is 2. The first kappa shape index (κ1) is 18.4. The number of halogens is 1. The maximum absolute atomic E-state index is 12.6. The number of fused-ring (bicyclic) bond motifs is 2. The summed E-state index contributed by atoms with van der Waals surface area (Å²) in [6, 6.07) is 13.2. The van der Waals surface area contributed by atoms with Crippen LogP contribution in [0, 0.1) is 0 Å². The summed E-state index contributed by atoms with van der Waals surface area (Å²) >= 11 is 8.04. The molecule has 0 bridgehead atoms. The fraction of sp³-hybridized carbons (Fsp3) is 0.238. The van der Waals surface area contributed by atoms with Crippen LogP contribution in [-0.4, -0.2) is 48.8 Å².